The Morgan fingerprint density at radius 3 is 2.77 bits per heavy atom. The summed E-state index contributed by atoms with van der Waals surface area (Å²) in [6, 6.07) is 10.5. The van der Waals surface area contributed by atoms with E-state index in [1.165, 1.54) is 0 Å². The Morgan fingerprint density at radius 1 is 1.32 bits per heavy atom. The predicted molar refractivity (Wildman–Crippen MR) is 80.5 cm³/mol. The minimum absolute atomic E-state index is 0.0165. The molecule has 2 heterocycles. The van der Waals surface area contributed by atoms with E-state index in [0.29, 0.717) is 23.6 Å². The number of ketones is 1. The number of nitrogens with zero attached hydrogens (tertiary/aromatic N) is 2. The third-order valence-electron chi connectivity index (χ3n) is 3.94. The highest BCUT2D eigenvalue weighted by Gasteiger charge is 2.34. The van der Waals surface area contributed by atoms with Gasteiger partial charge in [0.05, 0.1) is 18.2 Å². The Kier molecular flexibility index (Phi) is 4.04. The highest BCUT2D eigenvalue weighted by atomic mass is 16.5. The van der Waals surface area contributed by atoms with E-state index >= 15 is 0 Å². The number of aryl methyl sites for hydroxylation is 1. The molecule has 2 aromatic rings. The van der Waals surface area contributed by atoms with Crippen LogP contribution in [0.3, 0.4) is 0 Å². The third kappa shape index (κ3) is 2.93. The van der Waals surface area contributed by atoms with Crippen LogP contribution in [0.2, 0.25) is 0 Å². The van der Waals surface area contributed by atoms with Gasteiger partial charge in [-0.3, -0.25) is 9.59 Å². The van der Waals surface area contributed by atoms with E-state index in [-0.39, 0.29) is 24.2 Å². The van der Waals surface area contributed by atoms with Crippen molar-refractivity contribution < 1.29 is 14.1 Å². The van der Waals surface area contributed by atoms with Crippen LogP contribution < -0.4 is 0 Å². The lowest BCUT2D eigenvalue weighted by Crippen LogP contribution is -2.41. The molecule has 0 radical (unpaired) electrons. The molecule has 1 fully saturated rings. The van der Waals surface area contributed by atoms with Crippen LogP contribution >= 0.6 is 0 Å². The van der Waals surface area contributed by atoms with Crippen molar-refractivity contribution in [3.05, 3.63) is 53.4 Å². The molecule has 0 aliphatic carbocycles. The summed E-state index contributed by atoms with van der Waals surface area (Å²) in [5, 5.41) is 3.85. The van der Waals surface area contributed by atoms with Gasteiger partial charge in [0.1, 0.15) is 5.76 Å². The molecule has 1 aromatic heterocycles. The average molecular weight is 298 g/mol. The largest absolute Gasteiger partial charge is 0.361 e. The first-order chi connectivity index (χ1) is 10.6. The summed E-state index contributed by atoms with van der Waals surface area (Å²) < 4.78 is 4.98. The summed E-state index contributed by atoms with van der Waals surface area (Å²) in [5.74, 6) is 0.629. The number of aromatic nitrogens is 1. The SMILES string of the molecule is Cc1cc(CC(=O)N2CCCC2C(=O)c2ccccc2)no1. The second-order valence-corrected chi connectivity index (χ2v) is 5.58. The van der Waals surface area contributed by atoms with Gasteiger partial charge in [-0.05, 0) is 19.8 Å². The molecule has 3 rings (SSSR count). The number of Topliss-reactive ketones (excluding diaryl/α,β-unsaturated/α-hetero) is 1. The van der Waals surface area contributed by atoms with Crippen LogP contribution in [-0.4, -0.2) is 34.3 Å². The first kappa shape index (κ1) is 14.5. The second kappa shape index (κ2) is 6.13. The van der Waals surface area contributed by atoms with Gasteiger partial charge in [-0.15, -0.1) is 0 Å². The van der Waals surface area contributed by atoms with Gasteiger partial charge in [0.2, 0.25) is 5.91 Å². The van der Waals surface area contributed by atoms with E-state index in [0.717, 1.165) is 12.8 Å². The van der Waals surface area contributed by atoms with Crippen molar-refractivity contribution in [1.29, 1.82) is 0 Å². The molecule has 1 aromatic carbocycles. The monoisotopic (exact) mass is 298 g/mol. The van der Waals surface area contributed by atoms with Gasteiger partial charge >= 0.3 is 0 Å². The van der Waals surface area contributed by atoms with Gasteiger partial charge in [0, 0.05) is 18.2 Å². The summed E-state index contributed by atoms with van der Waals surface area (Å²) in [5.41, 5.74) is 1.27. The number of rotatable bonds is 4. The normalized spacial score (nSPS) is 17.7. The number of hydrogen-bond donors (Lipinski definition) is 0. The molecule has 1 aliphatic heterocycles. The van der Waals surface area contributed by atoms with Gasteiger partial charge in [-0.2, -0.15) is 0 Å². The second-order valence-electron chi connectivity index (χ2n) is 5.58. The highest BCUT2D eigenvalue weighted by molar-refractivity contribution is 6.02. The quantitative estimate of drug-likeness (QED) is 0.813. The van der Waals surface area contributed by atoms with Crippen molar-refractivity contribution in [3.63, 3.8) is 0 Å². The molecule has 114 valence electrons. The first-order valence-corrected chi connectivity index (χ1v) is 7.46. The van der Waals surface area contributed by atoms with E-state index < -0.39 is 0 Å². The molecule has 1 aliphatic rings. The standard InChI is InChI=1S/C17H18N2O3/c1-12-10-14(18-22-12)11-16(20)19-9-5-8-15(19)17(21)13-6-3-2-4-7-13/h2-4,6-7,10,15H,5,8-9,11H2,1H3. The Bertz CT molecular complexity index is 678. The van der Waals surface area contributed by atoms with E-state index in [1.54, 1.807) is 30.0 Å². The summed E-state index contributed by atoms with van der Waals surface area (Å²) in [7, 11) is 0. The number of carbonyl (C=O) groups is 2. The van der Waals surface area contributed by atoms with Gasteiger partial charge in [-0.1, -0.05) is 35.5 Å². The van der Waals surface area contributed by atoms with Gasteiger partial charge in [0.25, 0.3) is 0 Å². The van der Waals surface area contributed by atoms with Crippen LogP contribution in [0.5, 0.6) is 0 Å². The first-order valence-electron chi connectivity index (χ1n) is 7.46. The number of benzene rings is 1. The van der Waals surface area contributed by atoms with Crippen molar-refractivity contribution in [3.8, 4) is 0 Å². The molecule has 1 unspecified atom stereocenters. The van der Waals surface area contributed by atoms with Crippen molar-refractivity contribution in [2.45, 2.75) is 32.2 Å². The maximum Gasteiger partial charge on any atom is 0.229 e. The van der Waals surface area contributed by atoms with Gasteiger partial charge < -0.3 is 9.42 Å². The molecule has 1 atom stereocenters. The van der Waals surface area contributed by atoms with E-state index in [2.05, 4.69) is 5.16 Å². The Balaban J connectivity index is 1.72. The molecule has 1 amide bonds. The molecular formula is C17H18N2O3. The fourth-order valence-electron chi connectivity index (χ4n) is 2.89. The number of carbonyl (C=O) groups excluding carboxylic acids is 2. The summed E-state index contributed by atoms with van der Waals surface area (Å²) in [6.07, 6.45) is 1.75. The lowest BCUT2D eigenvalue weighted by molar-refractivity contribution is -0.130. The fourth-order valence-corrected chi connectivity index (χ4v) is 2.89. The topological polar surface area (TPSA) is 63.4 Å². The van der Waals surface area contributed by atoms with E-state index in [1.807, 2.05) is 18.2 Å². The van der Waals surface area contributed by atoms with Crippen molar-refractivity contribution in [2.24, 2.45) is 0 Å². The number of amides is 1. The third-order valence-corrected chi connectivity index (χ3v) is 3.94. The Labute approximate surface area is 128 Å². The molecule has 22 heavy (non-hydrogen) atoms. The zero-order valence-electron chi connectivity index (χ0n) is 12.5. The lowest BCUT2D eigenvalue weighted by Gasteiger charge is -2.23. The van der Waals surface area contributed by atoms with E-state index in [9.17, 15) is 9.59 Å². The summed E-state index contributed by atoms with van der Waals surface area (Å²) >= 11 is 0. The Morgan fingerprint density at radius 2 is 2.09 bits per heavy atom. The molecule has 1 saturated heterocycles. The maximum atomic E-state index is 12.6. The minimum Gasteiger partial charge on any atom is -0.361 e. The number of likely N-dealkylation sites (tertiary alicyclic amines) is 1. The van der Waals surface area contributed by atoms with Crippen LogP contribution in [0.4, 0.5) is 0 Å². The van der Waals surface area contributed by atoms with E-state index in [4.69, 9.17) is 4.52 Å². The lowest BCUT2D eigenvalue weighted by atomic mass is 10.0. The Hall–Kier alpha value is -2.43. The molecule has 0 spiro atoms. The fraction of sp³-hybridized carbons (Fsp3) is 0.353. The summed E-state index contributed by atoms with van der Waals surface area (Å²) in [6.45, 7) is 2.41. The highest BCUT2D eigenvalue weighted by Crippen LogP contribution is 2.22. The predicted octanol–water partition coefficient (Wildman–Crippen LogP) is 2.40. The van der Waals surface area contributed by atoms with Crippen LogP contribution in [0, 0.1) is 6.92 Å². The maximum absolute atomic E-state index is 12.6. The molecule has 5 nitrogen and oxygen atoms in total. The van der Waals surface area contributed by atoms with Crippen LogP contribution in [0.15, 0.2) is 40.9 Å². The molecular weight excluding hydrogens is 280 g/mol. The zero-order valence-corrected chi connectivity index (χ0v) is 12.5. The van der Waals surface area contributed by atoms with Crippen LogP contribution in [0.25, 0.3) is 0 Å². The molecule has 0 N–H and O–H groups in total. The van der Waals surface area contributed by atoms with Gasteiger partial charge in [0.15, 0.2) is 5.78 Å². The van der Waals surface area contributed by atoms with Crippen molar-refractivity contribution in [1.82, 2.24) is 10.1 Å². The van der Waals surface area contributed by atoms with Crippen molar-refractivity contribution in [2.75, 3.05) is 6.54 Å². The van der Waals surface area contributed by atoms with Crippen LogP contribution in [0.1, 0.15) is 34.7 Å². The molecule has 0 bridgehead atoms. The minimum atomic E-state index is -0.358. The average Bonchev–Trinajstić information content (AvgIpc) is 3.16. The van der Waals surface area contributed by atoms with Crippen molar-refractivity contribution >= 4 is 11.7 Å². The number of hydrogen-bond acceptors (Lipinski definition) is 4. The van der Waals surface area contributed by atoms with Gasteiger partial charge in [-0.25, -0.2) is 0 Å². The zero-order chi connectivity index (χ0) is 15.5. The van der Waals surface area contributed by atoms with Crippen LogP contribution in [-0.2, 0) is 11.2 Å². The molecule has 5 heteroatoms. The smallest absolute Gasteiger partial charge is 0.229 e. The summed E-state index contributed by atoms with van der Waals surface area (Å²) in [4.78, 5) is 26.7. The molecule has 0 saturated carbocycles.